The molecule has 7 nitrogen and oxygen atoms in total. The van der Waals surface area contributed by atoms with Crippen molar-refractivity contribution in [1.82, 2.24) is 14.0 Å². The molecular formula is C19H15FN4O3S. The number of fused-ring (bicyclic) bond motifs is 2. The monoisotopic (exact) mass is 398 g/mol. The molecule has 0 N–H and O–H groups in total. The maximum Gasteiger partial charge on any atom is 0.325 e. The van der Waals surface area contributed by atoms with Crippen LogP contribution in [0.2, 0.25) is 0 Å². The second kappa shape index (κ2) is 7.01. The molecule has 0 fully saturated rings. The van der Waals surface area contributed by atoms with Gasteiger partial charge in [0, 0.05) is 6.20 Å². The first kappa shape index (κ1) is 18.1. The topological polar surface area (TPSA) is 78.0 Å². The first-order valence-electron chi connectivity index (χ1n) is 8.36. The number of methoxy groups -OCH3 is 1. The molecular weight excluding hydrogens is 383 g/mol. The number of rotatable bonds is 3. The summed E-state index contributed by atoms with van der Waals surface area (Å²) >= 11 is 1.13. The summed E-state index contributed by atoms with van der Waals surface area (Å²) in [6.45, 7) is 1.60. The van der Waals surface area contributed by atoms with Gasteiger partial charge in [0.15, 0.2) is 4.80 Å². The molecule has 1 aromatic carbocycles. The first-order chi connectivity index (χ1) is 13.5. The molecule has 3 heterocycles. The zero-order valence-corrected chi connectivity index (χ0v) is 15.9. The van der Waals surface area contributed by atoms with Gasteiger partial charge in [0.25, 0.3) is 5.91 Å². The predicted octanol–water partition coefficient (Wildman–Crippen LogP) is 2.71. The molecule has 4 rings (SSSR count). The molecule has 0 aliphatic heterocycles. The number of benzene rings is 1. The van der Waals surface area contributed by atoms with Crippen LogP contribution in [-0.4, -0.2) is 32.9 Å². The van der Waals surface area contributed by atoms with Crippen LogP contribution in [0.1, 0.15) is 16.2 Å². The second-order valence-corrected chi connectivity index (χ2v) is 7.06. The summed E-state index contributed by atoms with van der Waals surface area (Å²) in [6, 6.07) is 9.61. The average Bonchev–Trinajstić information content (AvgIpc) is 3.17. The van der Waals surface area contributed by atoms with E-state index in [0.717, 1.165) is 11.3 Å². The summed E-state index contributed by atoms with van der Waals surface area (Å²) in [7, 11) is 1.28. The van der Waals surface area contributed by atoms with Crippen LogP contribution in [0.3, 0.4) is 0 Å². The number of carbonyl (C=O) groups excluding carboxylic acids is 2. The largest absolute Gasteiger partial charge is 0.468 e. The van der Waals surface area contributed by atoms with E-state index in [4.69, 9.17) is 4.74 Å². The van der Waals surface area contributed by atoms with Crippen LogP contribution >= 0.6 is 11.3 Å². The number of amides is 1. The molecule has 0 atom stereocenters. The molecule has 3 aromatic heterocycles. The third kappa shape index (κ3) is 3.09. The van der Waals surface area contributed by atoms with E-state index in [9.17, 15) is 14.0 Å². The van der Waals surface area contributed by atoms with Crippen LogP contribution in [0.15, 0.2) is 47.6 Å². The van der Waals surface area contributed by atoms with Crippen molar-refractivity contribution in [2.75, 3.05) is 7.11 Å². The highest BCUT2D eigenvalue weighted by molar-refractivity contribution is 7.16. The van der Waals surface area contributed by atoms with Gasteiger partial charge in [-0.05, 0) is 37.3 Å². The number of imidazole rings is 1. The van der Waals surface area contributed by atoms with E-state index in [1.165, 1.54) is 19.2 Å². The number of hydrogen-bond donors (Lipinski definition) is 0. The fourth-order valence-corrected chi connectivity index (χ4v) is 4.04. The third-order valence-corrected chi connectivity index (χ3v) is 5.30. The van der Waals surface area contributed by atoms with Gasteiger partial charge in [-0.25, -0.2) is 9.37 Å². The molecule has 0 saturated heterocycles. The Labute approximate surface area is 162 Å². The Morgan fingerprint density at radius 2 is 2.11 bits per heavy atom. The number of aromatic nitrogens is 3. The second-order valence-electron chi connectivity index (χ2n) is 6.05. The summed E-state index contributed by atoms with van der Waals surface area (Å²) < 4.78 is 22.1. The van der Waals surface area contributed by atoms with E-state index in [1.54, 1.807) is 40.3 Å². The third-order valence-electron chi connectivity index (χ3n) is 4.26. The van der Waals surface area contributed by atoms with Gasteiger partial charge in [-0.1, -0.05) is 17.4 Å². The Hall–Kier alpha value is -3.33. The number of ether oxygens (including phenoxy) is 1. The molecule has 9 heteroatoms. The van der Waals surface area contributed by atoms with Gasteiger partial charge in [-0.2, -0.15) is 4.99 Å². The first-order valence-corrected chi connectivity index (χ1v) is 9.18. The average molecular weight is 398 g/mol. The lowest BCUT2D eigenvalue weighted by Gasteiger charge is -2.03. The summed E-state index contributed by atoms with van der Waals surface area (Å²) in [5.74, 6) is -1.40. The highest BCUT2D eigenvalue weighted by Crippen LogP contribution is 2.19. The fraction of sp³-hybridized carbons (Fsp3) is 0.158. The normalized spacial score (nSPS) is 12.0. The maximum atomic E-state index is 13.6. The molecule has 142 valence electrons. The number of esters is 1. The van der Waals surface area contributed by atoms with Gasteiger partial charge >= 0.3 is 5.97 Å². The zero-order chi connectivity index (χ0) is 19.8. The van der Waals surface area contributed by atoms with E-state index in [0.29, 0.717) is 27.3 Å². The van der Waals surface area contributed by atoms with Crippen molar-refractivity contribution in [3.63, 3.8) is 0 Å². The van der Waals surface area contributed by atoms with Gasteiger partial charge < -0.3 is 9.30 Å². The van der Waals surface area contributed by atoms with Crippen molar-refractivity contribution in [3.05, 3.63) is 64.6 Å². The number of aryl methyl sites for hydroxylation is 1. The zero-order valence-electron chi connectivity index (χ0n) is 15.0. The van der Waals surface area contributed by atoms with Crippen molar-refractivity contribution in [2.24, 2.45) is 4.99 Å². The molecule has 1 amide bonds. The lowest BCUT2D eigenvalue weighted by atomic mass is 10.3. The van der Waals surface area contributed by atoms with Gasteiger partial charge in [0.2, 0.25) is 0 Å². The lowest BCUT2D eigenvalue weighted by Crippen LogP contribution is -2.22. The summed E-state index contributed by atoms with van der Waals surface area (Å²) in [5.41, 5.74) is 2.12. The molecule has 0 radical (unpaired) electrons. The summed E-state index contributed by atoms with van der Waals surface area (Å²) in [4.78, 5) is 33.6. The summed E-state index contributed by atoms with van der Waals surface area (Å²) in [6.07, 6.45) is 1.74. The van der Waals surface area contributed by atoms with Gasteiger partial charge in [0.05, 0.1) is 23.0 Å². The molecule has 0 saturated carbocycles. The standard InChI is InChI=1S/C19H15FN4O3S/c1-11-17(23-8-4-3-5-15(23)21-11)18(26)22-19-24(10-16(25)27-2)13-7-6-12(20)9-14(13)28-19/h3-9H,10H2,1-2H3. The Morgan fingerprint density at radius 1 is 1.29 bits per heavy atom. The van der Waals surface area contributed by atoms with Crippen molar-refractivity contribution < 1.29 is 18.7 Å². The van der Waals surface area contributed by atoms with Gasteiger partial charge in [-0.15, -0.1) is 0 Å². The molecule has 0 spiro atoms. The number of thiazole rings is 1. The van der Waals surface area contributed by atoms with Gasteiger partial charge in [-0.3, -0.25) is 14.0 Å². The van der Waals surface area contributed by atoms with Crippen LogP contribution < -0.4 is 4.80 Å². The quantitative estimate of drug-likeness (QED) is 0.497. The highest BCUT2D eigenvalue weighted by atomic mass is 32.1. The Kier molecular flexibility index (Phi) is 4.52. The Bertz CT molecular complexity index is 1300. The number of halogens is 1. The van der Waals surface area contributed by atoms with Crippen molar-refractivity contribution in [2.45, 2.75) is 13.5 Å². The lowest BCUT2D eigenvalue weighted by molar-refractivity contribution is -0.141. The predicted molar refractivity (Wildman–Crippen MR) is 102 cm³/mol. The van der Waals surface area contributed by atoms with Crippen LogP contribution in [0.4, 0.5) is 4.39 Å². The van der Waals surface area contributed by atoms with Crippen molar-refractivity contribution >= 4 is 39.1 Å². The molecule has 0 aliphatic carbocycles. The smallest absolute Gasteiger partial charge is 0.325 e. The number of carbonyl (C=O) groups is 2. The number of nitrogens with zero attached hydrogens (tertiary/aromatic N) is 4. The van der Waals surface area contributed by atoms with Crippen molar-refractivity contribution in [3.8, 4) is 0 Å². The van der Waals surface area contributed by atoms with Crippen molar-refractivity contribution in [1.29, 1.82) is 0 Å². The molecule has 0 aliphatic rings. The van der Waals surface area contributed by atoms with E-state index in [-0.39, 0.29) is 11.3 Å². The molecule has 0 bridgehead atoms. The maximum absolute atomic E-state index is 13.6. The molecule has 0 unspecified atom stereocenters. The molecule has 4 aromatic rings. The van der Waals surface area contributed by atoms with E-state index >= 15 is 0 Å². The minimum Gasteiger partial charge on any atom is -0.468 e. The van der Waals surface area contributed by atoms with Crippen LogP contribution in [0.5, 0.6) is 0 Å². The highest BCUT2D eigenvalue weighted by Gasteiger charge is 2.17. The number of hydrogen-bond acceptors (Lipinski definition) is 5. The van der Waals surface area contributed by atoms with E-state index in [1.807, 2.05) is 6.07 Å². The van der Waals surface area contributed by atoms with E-state index in [2.05, 4.69) is 9.98 Å². The Balaban J connectivity index is 1.90. The minimum atomic E-state index is -0.498. The van der Waals surface area contributed by atoms with E-state index < -0.39 is 17.7 Å². The summed E-state index contributed by atoms with van der Waals surface area (Å²) in [5, 5.41) is 0. The SMILES string of the molecule is COC(=O)Cn1c(=NC(=O)c2c(C)nc3ccccn23)sc2cc(F)ccc21. The minimum absolute atomic E-state index is 0.139. The fourth-order valence-electron chi connectivity index (χ4n) is 2.99. The number of pyridine rings is 1. The van der Waals surface area contributed by atoms with Crippen LogP contribution in [0, 0.1) is 12.7 Å². The van der Waals surface area contributed by atoms with Crippen LogP contribution in [0.25, 0.3) is 15.9 Å². The molecule has 28 heavy (non-hydrogen) atoms. The Morgan fingerprint density at radius 3 is 2.89 bits per heavy atom. The van der Waals surface area contributed by atoms with Crippen LogP contribution in [-0.2, 0) is 16.1 Å². The van der Waals surface area contributed by atoms with Gasteiger partial charge in [0.1, 0.15) is 23.7 Å².